The van der Waals surface area contributed by atoms with Crippen LogP contribution in [0.2, 0.25) is 5.15 Å². The van der Waals surface area contributed by atoms with Gasteiger partial charge in [0, 0.05) is 19.3 Å². The van der Waals surface area contributed by atoms with Gasteiger partial charge in [0.05, 0.1) is 11.8 Å². The minimum atomic E-state index is 0.433. The summed E-state index contributed by atoms with van der Waals surface area (Å²) in [6.07, 6.45) is 6.63. The van der Waals surface area contributed by atoms with Gasteiger partial charge in [-0.05, 0) is 37.8 Å². The maximum atomic E-state index is 6.00. The molecule has 1 aromatic rings. The number of anilines is 1. The van der Waals surface area contributed by atoms with E-state index in [0.29, 0.717) is 17.3 Å². The standard InChI is InChI=1S/C12H17ClN2O/c1-16-10-6-4-9(5-7-10)15-11-3-2-8-14-12(11)13/h2-3,8-10,15H,4-7H2,1H3. The van der Waals surface area contributed by atoms with E-state index >= 15 is 0 Å². The summed E-state index contributed by atoms with van der Waals surface area (Å²) in [4.78, 5) is 4.05. The van der Waals surface area contributed by atoms with E-state index in [1.807, 2.05) is 12.1 Å². The molecule has 0 unspecified atom stereocenters. The number of nitrogens with one attached hydrogen (secondary N) is 1. The SMILES string of the molecule is COC1CCC(Nc2cccnc2Cl)CC1. The monoisotopic (exact) mass is 240 g/mol. The summed E-state index contributed by atoms with van der Waals surface area (Å²) in [7, 11) is 1.79. The van der Waals surface area contributed by atoms with Gasteiger partial charge in [0.25, 0.3) is 0 Å². The fraction of sp³-hybridized carbons (Fsp3) is 0.583. The van der Waals surface area contributed by atoms with Gasteiger partial charge in [0.15, 0.2) is 5.15 Å². The minimum Gasteiger partial charge on any atom is -0.381 e. The predicted molar refractivity (Wildman–Crippen MR) is 65.9 cm³/mol. The first-order valence-electron chi connectivity index (χ1n) is 5.69. The van der Waals surface area contributed by atoms with Gasteiger partial charge in [-0.1, -0.05) is 11.6 Å². The molecule has 1 aromatic heterocycles. The first kappa shape index (κ1) is 11.7. The molecule has 1 fully saturated rings. The highest BCUT2D eigenvalue weighted by Crippen LogP contribution is 2.26. The molecule has 1 N–H and O–H groups in total. The summed E-state index contributed by atoms with van der Waals surface area (Å²) >= 11 is 6.00. The summed E-state index contributed by atoms with van der Waals surface area (Å²) in [5.41, 5.74) is 0.935. The smallest absolute Gasteiger partial charge is 0.152 e. The van der Waals surface area contributed by atoms with E-state index in [0.717, 1.165) is 31.4 Å². The number of nitrogens with zero attached hydrogens (tertiary/aromatic N) is 1. The lowest BCUT2D eigenvalue weighted by molar-refractivity contribution is 0.0682. The fourth-order valence-corrected chi connectivity index (χ4v) is 2.33. The molecule has 0 aromatic carbocycles. The van der Waals surface area contributed by atoms with Gasteiger partial charge >= 0.3 is 0 Å². The largest absolute Gasteiger partial charge is 0.381 e. The van der Waals surface area contributed by atoms with Gasteiger partial charge in [0.2, 0.25) is 0 Å². The number of halogens is 1. The molecule has 1 heterocycles. The molecule has 1 aliphatic carbocycles. The maximum Gasteiger partial charge on any atom is 0.152 e. The van der Waals surface area contributed by atoms with Crippen LogP contribution in [-0.4, -0.2) is 24.2 Å². The molecule has 0 spiro atoms. The second-order valence-corrected chi connectivity index (χ2v) is 4.55. The zero-order valence-electron chi connectivity index (χ0n) is 9.45. The Morgan fingerprint density at radius 3 is 2.75 bits per heavy atom. The van der Waals surface area contributed by atoms with Crippen molar-refractivity contribution in [3.8, 4) is 0 Å². The minimum absolute atomic E-state index is 0.433. The molecule has 1 saturated carbocycles. The summed E-state index contributed by atoms with van der Waals surface area (Å²) in [6, 6.07) is 4.36. The van der Waals surface area contributed by atoms with Crippen molar-refractivity contribution in [2.75, 3.05) is 12.4 Å². The van der Waals surface area contributed by atoms with Crippen molar-refractivity contribution in [2.45, 2.75) is 37.8 Å². The summed E-state index contributed by atoms with van der Waals surface area (Å²) in [5.74, 6) is 0. The molecule has 0 saturated heterocycles. The number of ether oxygens (including phenoxy) is 1. The predicted octanol–water partition coefficient (Wildman–Crippen LogP) is 3.10. The van der Waals surface area contributed by atoms with Crippen LogP contribution >= 0.6 is 11.6 Å². The van der Waals surface area contributed by atoms with Gasteiger partial charge in [-0.25, -0.2) is 4.98 Å². The van der Waals surface area contributed by atoms with Crippen molar-refractivity contribution in [1.82, 2.24) is 4.98 Å². The number of aromatic nitrogens is 1. The number of methoxy groups -OCH3 is 1. The number of hydrogen-bond acceptors (Lipinski definition) is 3. The quantitative estimate of drug-likeness (QED) is 0.825. The lowest BCUT2D eigenvalue weighted by Gasteiger charge is -2.28. The molecule has 88 valence electrons. The summed E-state index contributed by atoms with van der Waals surface area (Å²) in [6.45, 7) is 0. The molecule has 0 radical (unpaired) electrons. The molecule has 2 rings (SSSR count). The summed E-state index contributed by atoms with van der Waals surface area (Å²) in [5, 5.41) is 4.00. The van der Waals surface area contributed by atoms with Crippen LogP contribution in [0.25, 0.3) is 0 Å². The number of rotatable bonds is 3. The number of hydrogen-bond donors (Lipinski definition) is 1. The molecular formula is C12H17ClN2O. The first-order valence-corrected chi connectivity index (χ1v) is 6.07. The van der Waals surface area contributed by atoms with Crippen LogP contribution in [0.4, 0.5) is 5.69 Å². The lowest BCUT2D eigenvalue weighted by atomic mass is 9.93. The van der Waals surface area contributed by atoms with Gasteiger partial charge in [0.1, 0.15) is 0 Å². The van der Waals surface area contributed by atoms with Crippen LogP contribution in [0.5, 0.6) is 0 Å². The number of pyridine rings is 1. The third kappa shape index (κ3) is 2.86. The van der Waals surface area contributed by atoms with Crippen molar-refractivity contribution in [1.29, 1.82) is 0 Å². The second-order valence-electron chi connectivity index (χ2n) is 4.20. The molecule has 0 atom stereocenters. The van der Waals surface area contributed by atoms with E-state index in [-0.39, 0.29) is 0 Å². The average molecular weight is 241 g/mol. The Labute approximate surface area is 101 Å². The van der Waals surface area contributed by atoms with E-state index in [2.05, 4.69) is 10.3 Å². The van der Waals surface area contributed by atoms with Crippen molar-refractivity contribution in [3.63, 3.8) is 0 Å². The van der Waals surface area contributed by atoms with Crippen LogP contribution < -0.4 is 5.32 Å². The van der Waals surface area contributed by atoms with E-state index in [1.165, 1.54) is 0 Å². The summed E-state index contributed by atoms with van der Waals surface area (Å²) < 4.78 is 5.35. The van der Waals surface area contributed by atoms with Crippen molar-refractivity contribution >= 4 is 17.3 Å². The zero-order valence-corrected chi connectivity index (χ0v) is 10.2. The average Bonchev–Trinajstić information content (AvgIpc) is 2.33. The van der Waals surface area contributed by atoms with Crippen molar-refractivity contribution < 1.29 is 4.74 Å². The normalized spacial score (nSPS) is 25.4. The topological polar surface area (TPSA) is 34.1 Å². The van der Waals surface area contributed by atoms with Crippen LogP contribution in [0.1, 0.15) is 25.7 Å². The molecular weight excluding hydrogens is 224 g/mol. The van der Waals surface area contributed by atoms with E-state index in [9.17, 15) is 0 Å². The van der Waals surface area contributed by atoms with E-state index in [4.69, 9.17) is 16.3 Å². The van der Waals surface area contributed by atoms with Gasteiger partial charge in [-0.2, -0.15) is 0 Å². The Morgan fingerprint density at radius 2 is 2.12 bits per heavy atom. The third-order valence-electron chi connectivity index (χ3n) is 3.13. The lowest BCUT2D eigenvalue weighted by Crippen LogP contribution is -2.29. The molecule has 3 nitrogen and oxygen atoms in total. The van der Waals surface area contributed by atoms with Gasteiger partial charge in [-0.15, -0.1) is 0 Å². The Hall–Kier alpha value is -0.800. The highest BCUT2D eigenvalue weighted by atomic mass is 35.5. The Kier molecular flexibility index (Phi) is 4.02. The van der Waals surface area contributed by atoms with Gasteiger partial charge < -0.3 is 10.1 Å². The van der Waals surface area contributed by atoms with Crippen molar-refractivity contribution in [3.05, 3.63) is 23.5 Å². The zero-order chi connectivity index (χ0) is 11.4. The molecule has 0 amide bonds. The van der Waals surface area contributed by atoms with E-state index < -0.39 is 0 Å². The molecule has 1 aliphatic rings. The molecule has 16 heavy (non-hydrogen) atoms. The van der Waals surface area contributed by atoms with Gasteiger partial charge in [-0.3, -0.25) is 0 Å². The second kappa shape index (κ2) is 5.51. The first-order chi connectivity index (χ1) is 7.79. The van der Waals surface area contributed by atoms with Crippen LogP contribution in [0.15, 0.2) is 18.3 Å². The highest BCUT2D eigenvalue weighted by molar-refractivity contribution is 6.31. The molecule has 0 bridgehead atoms. The van der Waals surface area contributed by atoms with Crippen LogP contribution in [-0.2, 0) is 4.74 Å². The Balaban J connectivity index is 1.89. The molecule has 4 heteroatoms. The van der Waals surface area contributed by atoms with E-state index in [1.54, 1.807) is 13.3 Å². The Bertz CT molecular complexity index is 338. The van der Waals surface area contributed by atoms with Crippen molar-refractivity contribution in [2.24, 2.45) is 0 Å². The Morgan fingerprint density at radius 1 is 1.38 bits per heavy atom. The highest BCUT2D eigenvalue weighted by Gasteiger charge is 2.21. The maximum absolute atomic E-state index is 6.00. The molecule has 0 aliphatic heterocycles. The van der Waals surface area contributed by atoms with Crippen LogP contribution in [0.3, 0.4) is 0 Å². The third-order valence-corrected chi connectivity index (χ3v) is 3.43. The van der Waals surface area contributed by atoms with Crippen LogP contribution in [0, 0.1) is 0 Å². The fourth-order valence-electron chi connectivity index (χ4n) is 2.16.